The second-order valence-corrected chi connectivity index (χ2v) is 11.7. The number of rotatable bonds is 5. The molecule has 0 aliphatic carbocycles. The van der Waals surface area contributed by atoms with Crippen LogP contribution < -0.4 is 5.73 Å². The first-order valence-electron chi connectivity index (χ1n) is 6.52. The monoisotopic (exact) mass is 278 g/mol. The Balaban J connectivity index is 2.05. The number of fused-ring (bicyclic) bond motifs is 1. The van der Waals surface area contributed by atoms with E-state index in [-0.39, 0.29) is 0 Å². The molecule has 2 aromatic rings. The smallest absolute Gasteiger partial charge is 0.160 e. The van der Waals surface area contributed by atoms with E-state index in [0.29, 0.717) is 12.5 Å². The number of hydrogen-bond donors (Lipinski definition) is 1. The molecule has 0 spiro atoms. The number of nitrogen functional groups attached to an aromatic ring is 1. The van der Waals surface area contributed by atoms with Crippen molar-refractivity contribution in [2.24, 2.45) is 0 Å². The van der Waals surface area contributed by atoms with Crippen molar-refractivity contribution < 1.29 is 4.74 Å². The quantitative estimate of drug-likeness (QED) is 0.674. The van der Waals surface area contributed by atoms with Gasteiger partial charge >= 0.3 is 0 Å². The van der Waals surface area contributed by atoms with E-state index in [1.54, 1.807) is 6.20 Å². The Bertz CT molecular complexity index is 574. The lowest BCUT2D eigenvalue weighted by Crippen LogP contribution is -2.22. The third-order valence-corrected chi connectivity index (χ3v) is 4.70. The summed E-state index contributed by atoms with van der Waals surface area (Å²) >= 11 is 0. The standard InChI is InChI=1S/C13H22N4OSi/c1-10-8-17(9-18-5-6-19(2,3)4)13-12(10)16-11(14)7-15-13/h7-8H,5-6,9H2,1-4H3,(H2,14,16). The lowest BCUT2D eigenvalue weighted by atomic mass is 10.3. The minimum absolute atomic E-state index is 0.452. The molecule has 2 aromatic heterocycles. The molecule has 0 aromatic carbocycles. The molecular weight excluding hydrogens is 256 g/mol. The summed E-state index contributed by atoms with van der Waals surface area (Å²) in [5, 5.41) is 0. The molecule has 0 amide bonds. The molecule has 19 heavy (non-hydrogen) atoms. The largest absolute Gasteiger partial charge is 0.382 e. The lowest BCUT2D eigenvalue weighted by molar-refractivity contribution is 0.0898. The van der Waals surface area contributed by atoms with E-state index < -0.39 is 8.07 Å². The summed E-state index contributed by atoms with van der Waals surface area (Å²) in [5.74, 6) is 0.452. The van der Waals surface area contributed by atoms with Crippen LogP contribution in [0.1, 0.15) is 5.56 Å². The number of nitrogens with two attached hydrogens (primary N) is 1. The van der Waals surface area contributed by atoms with Crippen molar-refractivity contribution in [2.45, 2.75) is 39.3 Å². The maximum atomic E-state index is 5.75. The molecule has 0 unspecified atom stereocenters. The Hall–Kier alpha value is -1.40. The molecular formula is C13H22N4OSi. The van der Waals surface area contributed by atoms with Gasteiger partial charge in [0.2, 0.25) is 0 Å². The van der Waals surface area contributed by atoms with Gasteiger partial charge < -0.3 is 15.0 Å². The molecule has 104 valence electrons. The van der Waals surface area contributed by atoms with Gasteiger partial charge in [-0.05, 0) is 18.5 Å². The van der Waals surface area contributed by atoms with Crippen LogP contribution in [0, 0.1) is 6.92 Å². The van der Waals surface area contributed by atoms with Gasteiger partial charge in [0.25, 0.3) is 0 Å². The average molecular weight is 278 g/mol. The van der Waals surface area contributed by atoms with E-state index >= 15 is 0 Å². The van der Waals surface area contributed by atoms with E-state index in [1.165, 1.54) is 6.04 Å². The van der Waals surface area contributed by atoms with Crippen molar-refractivity contribution in [2.75, 3.05) is 12.3 Å². The van der Waals surface area contributed by atoms with Crippen LogP contribution in [0.3, 0.4) is 0 Å². The van der Waals surface area contributed by atoms with Crippen molar-refractivity contribution in [1.29, 1.82) is 0 Å². The molecule has 6 heteroatoms. The molecule has 2 heterocycles. The summed E-state index contributed by atoms with van der Waals surface area (Å²) in [4.78, 5) is 8.64. The van der Waals surface area contributed by atoms with Crippen LogP contribution in [0.5, 0.6) is 0 Å². The van der Waals surface area contributed by atoms with E-state index in [4.69, 9.17) is 10.5 Å². The van der Waals surface area contributed by atoms with Gasteiger partial charge in [-0.1, -0.05) is 19.6 Å². The van der Waals surface area contributed by atoms with Gasteiger partial charge in [-0.3, -0.25) is 0 Å². The summed E-state index contributed by atoms with van der Waals surface area (Å²) in [6.07, 6.45) is 3.60. The summed E-state index contributed by atoms with van der Waals surface area (Å²) in [6, 6.07) is 1.17. The van der Waals surface area contributed by atoms with Gasteiger partial charge in [-0.25, -0.2) is 9.97 Å². The minimum Gasteiger partial charge on any atom is -0.382 e. The Kier molecular flexibility index (Phi) is 3.91. The van der Waals surface area contributed by atoms with Gasteiger partial charge in [0.1, 0.15) is 18.1 Å². The molecule has 0 atom stereocenters. The highest BCUT2D eigenvalue weighted by molar-refractivity contribution is 6.76. The number of hydrogen-bond acceptors (Lipinski definition) is 4. The number of nitrogens with zero attached hydrogens (tertiary/aromatic N) is 3. The highest BCUT2D eigenvalue weighted by Crippen LogP contribution is 2.18. The van der Waals surface area contributed by atoms with Crippen molar-refractivity contribution in [3.05, 3.63) is 18.0 Å². The number of aryl methyl sites for hydroxylation is 1. The van der Waals surface area contributed by atoms with E-state index in [2.05, 4.69) is 29.6 Å². The topological polar surface area (TPSA) is 66.0 Å². The van der Waals surface area contributed by atoms with Crippen LogP contribution in [0.4, 0.5) is 5.82 Å². The molecule has 2 rings (SSSR count). The van der Waals surface area contributed by atoms with Crippen LogP contribution in [-0.4, -0.2) is 29.2 Å². The zero-order valence-corrected chi connectivity index (χ0v) is 13.1. The third-order valence-electron chi connectivity index (χ3n) is 2.99. The number of aromatic nitrogens is 3. The highest BCUT2D eigenvalue weighted by Gasteiger charge is 2.13. The fraction of sp³-hybridized carbons (Fsp3) is 0.538. The first-order valence-corrected chi connectivity index (χ1v) is 10.2. The third kappa shape index (κ3) is 3.54. The number of ether oxygens (including phenoxy) is 1. The normalized spacial score (nSPS) is 12.2. The zero-order valence-electron chi connectivity index (χ0n) is 12.1. The summed E-state index contributed by atoms with van der Waals surface area (Å²) in [7, 11) is -1.03. The second-order valence-electron chi connectivity index (χ2n) is 6.10. The van der Waals surface area contributed by atoms with E-state index in [1.807, 2.05) is 17.7 Å². The van der Waals surface area contributed by atoms with Crippen molar-refractivity contribution in [3.63, 3.8) is 0 Å². The molecule has 0 fully saturated rings. The fourth-order valence-electron chi connectivity index (χ4n) is 1.87. The molecule has 2 N–H and O–H groups in total. The second kappa shape index (κ2) is 5.30. The molecule has 5 nitrogen and oxygen atoms in total. The maximum absolute atomic E-state index is 5.75. The maximum Gasteiger partial charge on any atom is 0.160 e. The summed E-state index contributed by atoms with van der Waals surface area (Å²) < 4.78 is 7.73. The van der Waals surface area contributed by atoms with Gasteiger partial charge in [0.05, 0.1) is 6.20 Å². The molecule has 0 aliphatic rings. The summed E-state index contributed by atoms with van der Waals surface area (Å²) in [5.41, 5.74) is 8.42. The zero-order chi connectivity index (χ0) is 14.0. The number of anilines is 1. The van der Waals surface area contributed by atoms with E-state index in [0.717, 1.165) is 23.3 Å². The highest BCUT2D eigenvalue weighted by atomic mass is 28.3. The molecule has 0 bridgehead atoms. The SMILES string of the molecule is Cc1cn(COCC[Si](C)(C)C)c2ncc(N)nc12. The van der Waals surface area contributed by atoms with Crippen LogP contribution in [0.15, 0.2) is 12.4 Å². The van der Waals surface area contributed by atoms with Crippen LogP contribution in [-0.2, 0) is 11.5 Å². The average Bonchev–Trinajstić information content (AvgIpc) is 2.60. The summed E-state index contributed by atoms with van der Waals surface area (Å²) in [6.45, 7) is 10.4. The Labute approximate surface area is 114 Å². The van der Waals surface area contributed by atoms with Gasteiger partial charge in [0, 0.05) is 20.9 Å². The Morgan fingerprint density at radius 2 is 2.11 bits per heavy atom. The predicted octanol–water partition coefficient (Wildman–Crippen LogP) is 2.63. The molecule has 0 saturated carbocycles. The van der Waals surface area contributed by atoms with Crippen molar-refractivity contribution in [3.8, 4) is 0 Å². The Morgan fingerprint density at radius 1 is 1.37 bits per heavy atom. The van der Waals surface area contributed by atoms with E-state index in [9.17, 15) is 0 Å². The molecule has 0 saturated heterocycles. The molecule has 0 aliphatic heterocycles. The lowest BCUT2D eigenvalue weighted by Gasteiger charge is -2.15. The Morgan fingerprint density at radius 3 is 2.79 bits per heavy atom. The van der Waals surface area contributed by atoms with Crippen LogP contribution >= 0.6 is 0 Å². The first-order chi connectivity index (χ1) is 8.87. The van der Waals surface area contributed by atoms with Gasteiger partial charge in [-0.15, -0.1) is 0 Å². The first kappa shape index (κ1) is 14.0. The predicted molar refractivity (Wildman–Crippen MR) is 80.8 cm³/mol. The minimum atomic E-state index is -1.03. The van der Waals surface area contributed by atoms with Gasteiger partial charge in [0.15, 0.2) is 5.65 Å². The molecule has 0 radical (unpaired) electrons. The van der Waals surface area contributed by atoms with Crippen molar-refractivity contribution >= 4 is 25.1 Å². The van der Waals surface area contributed by atoms with Gasteiger partial charge in [-0.2, -0.15) is 0 Å². The fourth-order valence-corrected chi connectivity index (χ4v) is 2.62. The van der Waals surface area contributed by atoms with Crippen LogP contribution in [0.25, 0.3) is 11.2 Å². The van der Waals surface area contributed by atoms with Crippen LogP contribution in [0.2, 0.25) is 25.7 Å². The van der Waals surface area contributed by atoms with Crippen molar-refractivity contribution in [1.82, 2.24) is 14.5 Å².